The molecule has 2 aromatic carbocycles. The molecule has 0 bridgehead atoms. The molecule has 1 aromatic heterocycles. The molecule has 0 aliphatic carbocycles. The Balaban J connectivity index is 1.59. The van der Waals surface area contributed by atoms with Gasteiger partial charge in [0.2, 0.25) is 0 Å². The van der Waals surface area contributed by atoms with Crippen molar-refractivity contribution in [1.82, 2.24) is 9.55 Å². The van der Waals surface area contributed by atoms with Gasteiger partial charge in [-0.3, -0.25) is 0 Å². The number of aryl methyl sites for hydroxylation is 1. The minimum absolute atomic E-state index is 0.190. The van der Waals surface area contributed by atoms with E-state index in [1.807, 2.05) is 30.6 Å². The van der Waals surface area contributed by atoms with Crippen molar-refractivity contribution < 1.29 is 14.6 Å². The van der Waals surface area contributed by atoms with E-state index in [9.17, 15) is 4.79 Å². The number of hydrogen-bond donors (Lipinski definition) is 1. The molecular formula is C17H16N2O3. The van der Waals surface area contributed by atoms with Crippen molar-refractivity contribution in [2.75, 3.05) is 6.61 Å². The molecule has 0 spiro atoms. The van der Waals surface area contributed by atoms with Gasteiger partial charge in [-0.15, -0.1) is 0 Å². The molecular weight excluding hydrogens is 280 g/mol. The number of carbonyl (C=O) groups is 1. The minimum Gasteiger partial charge on any atom is -0.493 e. The topological polar surface area (TPSA) is 64.3 Å². The van der Waals surface area contributed by atoms with Gasteiger partial charge in [-0.1, -0.05) is 24.3 Å². The van der Waals surface area contributed by atoms with Crippen molar-refractivity contribution in [3.05, 3.63) is 60.4 Å². The van der Waals surface area contributed by atoms with E-state index in [0.717, 1.165) is 24.0 Å². The van der Waals surface area contributed by atoms with Gasteiger partial charge in [0.05, 0.1) is 24.0 Å². The van der Waals surface area contributed by atoms with Crippen molar-refractivity contribution in [2.45, 2.75) is 13.0 Å². The molecule has 0 aliphatic rings. The van der Waals surface area contributed by atoms with Crippen LogP contribution in [0.1, 0.15) is 16.8 Å². The lowest BCUT2D eigenvalue weighted by atomic mass is 10.2. The number of carboxylic acids is 1. The Morgan fingerprint density at radius 2 is 1.91 bits per heavy atom. The van der Waals surface area contributed by atoms with Crippen LogP contribution in [-0.2, 0) is 6.54 Å². The summed E-state index contributed by atoms with van der Waals surface area (Å²) in [5.74, 6) is -0.568. The quantitative estimate of drug-likeness (QED) is 0.709. The molecule has 5 nitrogen and oxygen atoms in total. The van der Waals surface area contributed by atoms with Crippen molar-refractivity contribution in [2.24, 2.45) is 0 Å². The van der Waals surface area contributed by atoms with E-state index in [-0.39, 0.29) is 5.56 Å². The zero-order valence-electron chi connectivity index (χ0n) is 12.0. The van der Waals surface area contributed by atoms with Crippen molar-refractivity contribution in [3.8, 4) is 5.75 Å². The first-order chi connectivity index (χ1) is 10.8. The maximum absolute atomic E-state index is 11.1. The molecule has 112 valence electrons. The van der Waals surface area contributed by atoms with Crippen LogP contribution in [0.2, 0.25) is 0 Å². The average molecular weight is 296 g/mol. The number of nitrogens with zero attached hydrogens (tertiary/aromatic N) is 2. The monoisotopic (exact) mass is 296 g/mol. The predicted octanol–water partition coefficient (Wildman–Crippen LogP) is 3.20. The van der Waals surface area contributed by atoms with Crippen LogP contribution in [-0.4, -0.2) is 27.2 Å². The van der Waals surface area contributed by atoms with Gasteiger partial charge in [0.15, 0.2) is 0 Å². The summed E-state index contributed by atoms with van der Waals surface area (Å²) in [7, 11) is 0. The lowest BCUT2D eigenvalue weighted by Gasteiger charge is -2.09. The number of fused-ring (bicyclic) bond motifs is 1. The Hall–Kier alpha value is -2.82. The van der Waals surface area contributed by atoms with Gasteiger partial charge in [-0.05, 0) is 30.7 Å². The first-order valence-electron chi connectivity index (χ1n) is 7.11. The van der Waals surface area contributed by atoms with Crippen LogP contribution in [0.15, 0.2) is 54.9 Å². The highest BCUT2D eigenvalue weighted by atomic mass is 16.5. The Bertz CT molecular complexity index is 795. The number of rotatable bonds is 6. The molecule has 22 heavy (non-hydrogen) atoms. The van der Waals surface area contributed by atoms with E-state index in [4.69, 9.17) is 9.84 Å². The van der Waals surface area contributed by atoms with Crippen LogP contribution in [0.5, 0.6) is 5.75 Å². The largest absolute Gasteiger partial charge is 0.493 e. The summed E-state index contributed by atoms with van der Waals surface area (Å²) in [6, 6.07) is 14.6. The summed E-state index contributed by atoms with van der Waals surface area (Å²) in [4.78, 5) is 15.4. The van der Waals surface area contributed by atoms with E-state index in [2.05, 4.69) is 9.55 Å². The standard InChI is InChI=1S/C17H16N2O3/c20-17(21)13-6-1-4-9-16(13)22-11-5-10-19-12-18-14-7-2-3-8-15(14)19/h1-4,6-9,12H,5,10-11H2,(H,20,21). The molecule has 0 radical (unpaired) electrons. The second-order valence-electron chi connectivity index (χ2n) is 4.93. The van der Waals surface area contributed by atoms with Crippen molar-refractivity contribution in [1.29, 1.82) is 0 Å². The summed E-state index contributed by atoms with van der Waals surface area (Å²) in [6.45, 7) is 1.23. The van der Waals surface area contributed by atoms with E-state index >= 15 is 0 Å². The molecule has 0 aliphatic heterocycles. The van der Waals surface area contributed by atoms with E-state index < -0.39 is 5.97 Å². The first kappa shape index (κ1) is 14.1. The Kier molecular flexibility index (Phi) is 4.05. The van der Waals surface area contributed by atoms with Crippen LogP contribution in [0.4, 0.5) is 0 Å². The fourth-order valence-electron chi connectivity index (χ4n) is 2.37. The minimum atomic E-state index is -0.976. The lowest BCUT2D eigenvalue weighted by molar-refractivity contribution is 0.0692. The molecule has 3 aromatic rings. The molecule has 0 saturated heterocycles. The van der Waals surface area contributed by atoms with Crippen LogP contribution in [0, 0.1) is 0 Å². The molecule has 0 atom stereocenters. The van der Waals surface area contributed by atoms with Gasteiger partial charge in [-0.25, -0.2) is 9.78 Å². The molecule has 0 saturated carbocycles. The highest BCUT2D eigenvalue weighted by molar-refractivity contribution is 5.90. The number of carboxylic acid groups (broad SMARTS) is 1. The number of ether oxygens (including phenoxy) is 1. The summed E-state index contributed by atoms with van der Waals surface area (Å²) in [5, 5.41) is 9.10. The summed E-state index contributed by atoms with van der Waals surface area (Å²) >= 11 is 0. The summed E-state index contributed by atoms with van der Waals surface area (Å²) < 4.78 is 7.67. The van der Waals surface area contributed by atoms with Gasteiger partial charge < -0.3 is 14.4 Å². The van der Waals surface area contributed by atoms with Gasteiger partial charge in [-0.2, -0.15) is 0 Å². The van der Waals surface area contributed by atoms with Gasteiger partial charge in [0.25, 0.3) is 0 Å². The smallest absolute Gasteiger partial charge is 0.339 e. The number of hydrogen-bond acceptors (Lipinski definition) is 3. The maximum Gasteiger partial charge on any atom is 0.339 e. The van der Waals surface area contributed by atoms with Crippen LogP contribution >= 0.6 is 0 Å². The number of aromatic nitrogens is 2. The fourth-order valence-corrected chi connectivity index (χ4v) is 2.37. The zero-order valence-corrected chi connectivity index (χ0v) is 12.0. The number of para-hydroxylation sites is 3. The predicted molar refractivity (Wildman–Crippen MR) is 83.2 cm³/mol. The number of benzene rings is 2. The van der Waals surface area contributed by atoms with Gasteiger partial charge >= 0.3 is 5.97 Å². The molecule has 1 N–H and O–H groups in total. The number of imidazole rings is 1. The van der Waals surface area contributed by atoms with Crippen LogP contribution < -0.4 is 4.74 Å². The molecule has 5 heteroatoms. The highest BCUT2D eigenvalue weighted by Gasteiger charge is 2.09. The van der Waals surface area contributed by atoms with Crippen molar-refractivity contribution in [3.63, 3.8) is 0 Å². The summed E-state index contributed by atoms with van der Waals surface area (Å²) in [6.07, 6.45) is 2.59. The average Bonchev–Trinajstić information content (AvgIpc) is 2.95. The fraction of sp³-hybridized carbons (Fsp3) is 0.176. The van der Waals surface area contributed by atoms with Crippen LogP contribution in [0.3, 0.4) is 0 Å². The molecule has 0 amide bonds. The molecule has 0 unspecified atom stereocenters. The first-order valence-corrected chi connectivity index (χ1v) is 7.11. The Morgan fingerprint density at radius 3 is 2.77 bits per heavy atom. The van der Waals surface area contributed by atoms with Gasteiger partial charge in [0, 0.05) is 6.54 Å². The highest BCUT2D eigenvalue weighted by Crippen LogP contribution is 2.18. The Labute approximate surface area is 127 Å². The third-order valence-corrected chi connectivity index (χ3v) is 3.45. The van der Waals surface area contributed by atoms with Crippen LogP contribution in [0.25, 0.3) is 11.0 Å². The van der Waals surface area contributed by atoms with E-state index in [0.29, 0.717) is 12.4 Å². The summed E-state index contributed by atoms with van der Waals surface area (Å²) in [5.41, 5.74) is 2.25. The maximum atomic E-state index is 11.1. The zero-order chi connectivity index (χ0) is 15.4. The van der Waals surface area contributed by atoms with E-state index in [1.165, 1.54) is 0 Å². The second kappa shape index (κ2) is 6.30. The molecule has 1 heterocycles. The molecule has 3 rings (SSSR count). The SMILES string of the molecule is O=C(O)c1ccccc1OCCCn1cnc2ccccc21. The molecule has 0 fully saturated rings. The normalized spacial score (nSPS) is 10.7. The van der Waals surface area contributed by atoms with E-state index in [1.54, 1.807) is 24.3 Å². The third-order valence-electron chi connectivity index (χ3n) is 3.45. The number of aromatic carboxylic acids is 1. The lowest BCUT2D eigenvalue weighted by Crippen LogP contribution is -2.07. The van der Waals surface area contributed by atoms with Crippen molar-refractivity contribution >= 4 is 17.0 Å². The third kappa shape index (κ3) is 2.93. The Morgan fingerprint density at radius 1 is 1.14 bits per heavy atom. The van der Waals surface area contributed by atoms with Gasteiger partial charge in [0.1, 0.15) is 11.3 Å². The second-order valence-corrected chi connectivity index (χ2v) is 4.93.